The molecule has 0 aromatic heterocycles. The molecule has 3 aromatic carbocycles. The molecule has 0 spiro atoms. The molecule has 1 N–H and O–H groups in total. The molecule has 0 aliphatic carbocycles. The molecule has 1 aliphatic heterocycles. The Morgan fingerprint density at radius 1 is 1.00 bits per heavy atom. The Kier molecular flexibility index (Phi) is 6.25. The van der Waals surface area contributed by atoms with Gasteiger partial charge in [-0.05, 0) is 42.3 Å². The molecule has 164 valence electrons. The second kappa shape index (κ2) is 9.10. The molecule has 0 unspecified atom stereocenters. The number of carbonyl (C=O) groups excluding carboxylic acids is 1. The number of nitrogens with zero attached hydrogens (tertiary/aromatic N) is 2. The molecule has 1 amide bonds. The van der Waals surface area contributed by atoms with E-state index in [0.29, 0.717) is 17.4 Å². The van der Waals surface area contributed by atoms with Crippen LogP contribution < -0.4 is 5.32 Å². The van der Waals surface area contributed by atoms with Crippen LogP contribution in [0.5, 0.6) is 0 Å². The van der Waals surface area contributed by atoms with Crippen LogP contribution >= 0.6 is 11.6 Å². The number of fused-ring (bicyclic) bond motifs is 1. The van der Waals surface area contributed by atoms with E-state index < -0.39 is 28.3 Å². The highest BCUT2D eigenvalue weighted by atomic mass is 35.5. The fraction of sp³-hybridized carbons (Fsp3) is 0.130. The van der Waals surface area contributed by atoms with E-state index in [4.69, 9.17) is 11.6 Å². The van der Waals surface area contributed by atoms with Gasteiger partial charge < -0.3 is 5.32 Å². The van der Waals surface area contributed by atoms with Crippen LogP contribution in [0, 0.1) is 5.82 Å². The second-order valence-corrected chi connectivity index (χ2v) is 9.39. The topological polar surface area (TPSA) is 78.8 Å². The summed E-state index contributed by atoms with van der Waals surface area (Å²) >= 11 is 6.07. The first-order valence-electron chi connectivity index (χ1n) is 9.83. The molecule has 6 nitrogen and oxygen atoms in total. The number of benzene rings is 3. The van der Waals surface area contributed by atoms with Crippen molar-refractivity contribution in [2.75, 3.05) is 13.1 Å². The van der Waals surface area contributed by atoms with Gasteiger partial charge in [-0.2, -0.15) is 17.9 Å². The highest BCUT2D eigenvalue weighted by Gasteiger charge is 2.35. The van der Waals surface area contributed by atoms with E-state index in [1.54, 1.807) is 6.07 Å². The smallest absolute Gasteiger partial charge is 0.280 e. The fourth-order valence-electron chi connectivity index (χ4n) is 3.39. The van der Waals surface area contributed by atoms with E-state index in [0.717, 1.165) is 5.56 Å². The maximum absolute atomic E-state index is 14.5. The number of nitrogens with one attached hydrogen (secondary N) is 1. The number of rotatable bonds is 6. The molecule has 1 aliphatic rings. The molecule has 0 fully saturated rings. The van der Waals surface area contributed by atoms with E-state index in [1.165, 1.54) is 36.4 Å². The van der Waals surface area contributed by atoms with Crippen LogP contribution in [-0.2, 0) is 21.2 Å². The molecule has 0 atom stereocenters. The molecule has 1 heterocycles. The van der Waals surface area contributed by atoms with Gasteiger partial charge in [0.1, 0.15) is 18.1 Å². The minimum Gasteiger partial charge on any atom is -0.354 e. The first kappa shape index (κ1) is 22.0. The highest BCUT2D eigenvalue weighted by molar-refractivity contribution is 7.89. The molecule has 4 rings (SSSR count). The lowest BCUT2D eigenvalue weighted by molar-refractivity contribution is -0.121. The van der Waals surface area contributed by atoms with Gasteiger partial charge in [0.25, 0.3) is 10.0 Å². The zero-order valence-electron chi connectivity index (χ0n) is 16.8. The predicted octanol–water partition coefficient (Wildman–Crippen LogP) is 3.59. The molecule has 0 saturated carbocycles. The Morgan fingerprint density at radius 3 is 2.47 bits per heavy atom. The van der Waals surface area contributed by atoms with Crippen LogP contribution in [-0.4, -0.2) is 37.5 Å². The van der Waals surface area contributed by atoms with Crippen molar-refractivity contribution in [2.45, 2.75) is 11.3 Å². The Morgan fingerprint density at radius 2 is 1.72 bits per heavy atom. The van der Waals surface area contributed by atoms with Crippen LogP contribution in [0.4, 0.5) is 4.39 Å². The van der Waals surface area contributed by atoms with E-state index in [-0.39, 0.29) is 26.8 Å². The summed E-state index contributed by atoms with van der Waals surface area (Å²) in [5.41, 5.74) is 1.43. The Bertz CT molecular complexity index is 1300. The van der Waals surface area contributed by atoms with Crippen LogP contribution in [0.2, 0.25) is 5.02 Å². The maximum atomic E-state index is 14.5. The number of hydrogen-bond acceptors (Lipinski definition) is 4. The van der Waals surface area contributed by atoms with E-state index in [2.05, 4.69) is 10.4 Å². The SMILES string of the molecule is O=C(CN1N=C(c2ccccc2F)c2cc(Cl)ccc2S1(=O)=O)NCCc1ccccc1. The summed E-state index contributed by atoms with van der Waals surface area (Å²) in [5, 5.41) is 7.15. The predicted molar refractivity (Wildman–Crippen MR) is 121 cm³/mol. The normalized spacial score (nSPS) is 14.4. The van der Waals surface area contributed by atoms with Gasteiger partial charge in [-0.1, -0.05) is 54.1 Å². The number of hydrogen-bond donors (Lipinski definition) is 1. The van der Waals surface area contributed by atoms with Gasteiger partial charge in [-0.3, -0.25) is 4.79 Å². The number of hydrazone groups is 1. The molecular weight excluding hydrogens is 453 g/mol. The monoisotopic (exact) mass is 471 g/mol. The molecular formula is C23H19ClFN3O3S. The third kappa shape index (κ3) is 4.51. The first-order valence-corrected chi connectivity index (χ1v) is 11.6. The van der Waals surface area contributed by atoms with Crippen molar-refractivity contribution >= 4 is 33.2 Å². The fourth-order valence-corrected chi connectivity index (χ4v) is 4.94. The third-order valence-corrected chi connectivity index (χ3v) is 6.86. The first-order chi connectivity index (χ1) is 15.4. The number of halogens is 2. The summed E-state index contributed by atoms with van der Waals surface area (Å²) in [4.78, 5) is 12.4. The van der Waals surface area contributed by atoms with Crippen LogP contribution in [0.25, 0.3) is 0 Å². The summed E-state index contributed by atoms with van der Waals surface area (Å²) in [7, 11) is -4.12. The van der Waals surface area contributed by atoms with Crippen molar-refractivity contribution in [3.8, 4) is 0 Å². The van der Waals surface area contributed by atoms with Crippen molar-refractivity contribution in [1.82, 2.24) is 9.73 Å². The van der Waals surface area contributed by atoms with Crippen molar-refractivity contribution in [3.63, 3.8) is 0 Å². The molecule has 0 radical (unpaired) electrons. The van der Waals surface area contributed by atoms with Crippen LogP contribution in [0.1, 0.15) is 16.7 Å². The van der Waals surface area contributed by atoms with Crippen molar-refractivity contribution < 1.29 is 17.6 Å². The summed E-state index contributed by atoms with van der Waals surface area (Å²) in [6, 6.07) is 19.7. The van der Waals surface area contributed by atoms with Gasteiger partial charge in [0, 0.05) is 22.7 Å². The summed E-state index contributed by atoms with van der Waals surface area (Å²) in [6.45, 7) is -0.191. The van der Waals surface area contributed by atoms with E-state index >= 15 is 0 Å². The Balaban J connectivity index is 1.61. The lowest BCUT2D eigenvalue weighted by atomic mass is 10.0. The van der Waals surface area contributed by atoms with Crippen LogP contribution in [0.15, 0.2) is 82.8 Å². The minimum absolute atomic E-state index is 0.0903. The average molecular weight is 472 g/mol. The van der Waals surface area contributed by atoms with Gasteiger partial charge in [-0.25, -0.2) is 4.39 Å². The largest absolute Gasteiger partial charge is 0.354 e. The van der Waals surface area contributed by atoms with Gasteiger partial charge in [0.2, 0.25) is 5.91 Å². The lowest BCUT2D eigenvalue weighted by Crippen LogP contribution is -2.41. The minimum atomic E-state index is -4.12. The van der Waals surface area contributed by atoms with Gasteiger partial charge in [-0.15, -0.1) is 0 Å². The van der Waals surface area contributed by atoms with Gasteiger partial charge >= 0.3 is 0 Å². The van der Waals surface area contributed by atoms with Crippen molar-refractivity contribution in [1.29, 1.82) is 0 Å². The highest BCUT2D eigenvalue weighted by Crippen LogP contribution is 2.31. The van der Waals surface area contributed by atoms with Gasteiger partial charge in [0.05, 0.1) is 4.90 Å². The van der Waals surface area contributed by atoms with Crippen molar-refractivity contribution in [2.24, 2.45) is 5.10 Å². The van der Waals surface area contributed by atoms with Gasteiger partial charge in [0.15, 0.2) is 0 Å². The zero-order chi connectivity index (χ0) is 22.7. The standard InChI is InChI=1S/C23H19ClFN3O3S/c24-17-10-11-21-19(14-17)23(18-8-4-5-9-20(18)25)27-28(32(21,30)31)15-22(29)26-13-12-16-6-2-1-3-7-16/h1-11,14H,12-13,15H2,(H,26,29). The average Bonchev–Trinajstić information content (AvgIpc) is 2.77. The maximum Gasteiger partial charge on any atom is 0.280 e. The van der Waals surface area contributed by atoms with E-state index in [1.807, 2.05) is 30.3 Å². The number of carbonyl (C=O) groups is 1. The Hall–Kier alpha value is -3.23. The van der Waals surface area contributed by atoms with E-state index in [9.17, 15) is 17.6 Å². The molecule has 9 heteroatoms. The Labute approximate surface area is 190 Å². The molecule has 32 heavy (non-hydrogen) atoms. The zero-order valence-corrected chi connectivity index (χ0v) is 18.4. The second-order valence-electron chi connectivity index (χ2n) is 7.14. The summed E-state index contributed by atoms with van der Waals surface area (Å²) in [6.07, 6.45) is 0.602. The summed E-state index contributed by atoms with van der Waals surface area (Å²) < 4.78 is 41.4. The summed E-state index contributed by atoms with van der Waals surface area (Å²) in [5.74, 6) is -1.08. The number of sulfonamides is 1. The molecule has 0 saturated heterocycles. The molecule has 0 bridgehead atoms. The van der Waals surface area contributed by atoms with Crippen LogP contribution in [0.3, 0.4) is 0 Å². The number of amides is 1. The third-order valence-electron chi connectivity index (χ3n) is 4.95. The lowest BCUT2D eigenvalue weighted by Gasteiger charge is -2.27. The molecule has 3 aromatic rings. The quantitative estimate of drug-likeness (QED) is 0.596. The van der Waals surface area contributed by atoms with Crippen molar-refractivity contribution in [3.05, 3.63) is 100 Å².